The van der Waals surface area contributed by atoms with Crippen molar-refractivity contribution in [2.45, 2.75) is 6.54 Å². The number of rotatable bonds is 2. The maximum Gasteiger partial charge on any atom is 0.240 e. The Hall–Kier alpha value is -2.11. The summed E-state index contributed by atoms with van der Waals surface area (Å²) in [7, 11) is 0. The molecule has 0 aliphatic carbocycles. The molecule has 1 aromatic heterocycles. The second-order valence-electron chi connectivity index (χ2n) is 2.94. The summed E-state index contributed by atoms with van der Waals surface area (Å²) in [4.78, 5) is 0. The fourth-order valence-corrected chi connectivity index (χ4v) is 1.12. The highest BCUT2D eigenvalue weighted by Crippen LogP contribution is 2.07. The number of nitrogen functional groups attached to an aromatic ring is 2. The molecule has 6 nitrogen and oxygen atoms in total. The number of anilines is 2. The predicted octanol–water partition coefficient (Wildman–Crippen LogP) is -0.114. The molecule has 0 aliphatic rings. The summed E-state index contributed by atoms with van der Waals surface area (Å²) in [6.45, 7) is 0.555. The predicted molar refractivity (Wildman–Crippen MR) is 52.2 cm³/mol. The molecule has 14 heavy (non-hydrogen) atoms. The molecule has 6 heteroatoms. The largest absolute Gasteiger partial charge is 0.399 e. The van der Waals surface area contributed by atoms with Crippen LogP contribution >= 0.6 is 0 Å². The van der Waals surface area contributed by atoms with Crippen LogP contribution in [0.15, 0.2) is 24.3 Å². The molecule has 72 valence electrons. The van der Waals surface area contributed by atoms with Crippen LogP contribution in [0.5, 0.6) is 0 Å². The van der Waals surface area contributed by atoms with E-state index >= 15 is 0 Å². The number of nitrogens with two attached hydrogens (primary N) is 2. The first kappa shape index (κ1) is 8.49. The Morgan fingerprint density at radius 1 is 1.14 bits per heavy atom. The van der Waals surface area contributed by atoms with E-state index in [0.717, 1.165) is 11.3 Å². The third-order valence-electron chi connectivity index (χ3n) is 1.87. The summed E-state index contributed by atoms with van der Waals surface area (Å²) in [6.07, 6.45) is 0. The summed E-state index contributed by atoms with van der Waals surface area (Å²) in [5.41, 5.74) is 12.9. The third kappa shape index (κ3) is 1.63. The molecule has 0 bridgehead atoms. The lowest BCUT2D eigenvalue weighted by Crippen LogP contribution is -2.06. The fourth-order valence-electron chi connectivity index (χ4n) is 1.12. The zero-order chi connectivity index (χ0) is 9.97. The van der Waals surface area contributed by atoms with E-state index < -0.39 is 0 Å². The van der Waals surface area contributed by atoms with Crippen LogP contribution in [-0.2, 0) is 6.54 Å². The van der Waals surface area contributed by atoms with E-state index in [1.54, 1.807) is 0 Å². The van der Waals surface area contributed by atoms with E-state index in [9.17, 15) is 0 Å². The van der Waals surface area contributed by atoms with Gasteiger partial charge in [0.15, 0.2) is 0 Å². The molecule has 0 unspecified atom stereocenters. The van der Waals surface area contributed by atoms with Crippen molar-refractivity contribution in [1.29, 1.82) is 0 Å². The molecule has 0 aliphatic heterocycles. The van der Waals surface area contributed by atoms with Gasteiger partial charge in [-0.3, -0.25) is 0 Å². The molecule has 0 amide bonds. The molecular formula is C8H10N6. The molecule has 1 aromatic carbocycles. The Labute approximate surface area is 80.5 Å². The van der Waals surface area contributed by atoms with Gasteiger partial charge in [0.25, 0.3) is 0 Å². The molecule has 2 rings (SSSR count). The standard InChI is InChI=1S/C8H10N6/c9-7-3-1-6(2-4-7)5-14-8(10)11-12-13-14/h1-4H,5,9H2,(H2,10,11,13). The Kier molecular flexibility index (Phi) is 2.02. The van der Waals surface area contributed by atoms with Crippen LogP contribution in [0.2, 0.25) is 0 Å². The Morgan fingerprint density at radius 2 is 1.86 bits per heavy atom. The van der Waals surface area contributed by atoms with Crippen LogP contribution in [0, 0.1) is 0 Å². The lowest BCUT2D eigenvalue weighted by Gasteiger charge is -2.01. The van der Waals surface area contributed by atoms with Crippen LogP contribution in [0.25, 0.3) is 0 Å². The molecule has 0 saturated heterocycles. The summed E-state index contributed by atoms with van der Waals surface area (Å²) < 4.78 is 1.52. The highest BCUT2D eigenvalue weighted by atomic mass is 15.6. The first-order valence-corrected chi connectivity index (χ1v) is 4.12. The first-order valence-electron chi connectivity index (χ1n) is 4.12. The molecule has 0 radical (unpaired) electrons. The molecule has 0 fully saturated rings. The summed E-state index contributed by atoms with van der Waals surface area (Å²) in [5.74, 6) is 0.307. The van der Waals surface area contributed by atoms with Crippen LogP contribution in [0.1, 0.15) is 5.56 Å². The minimum atomic E-state index is 0.307. The van der Waals surface area contributed by atoms with Gasteiger partial charge in [-0.1, -0.05) is 17.2 Å². The first-order chi connectivity index (χ1) is 6.75. The van der Waals surface area contributed by atoms with Gasteiger partial charge in [-0.25, -0.2) is 4.68 Å². The maximum atomic E-state index is 5.56. The Morgan fingerprint density at radius 3 is 2.43 bits per heavy atom. The maximum absolute atomic E-state index is 5.56. The second-order valence-corrected chi connectivity index (χ2v) is 2.94. The number of hydrogen-bond acceptors (Lipinski definition) is 5. The molecule has 0 spiro atoms. The average Bonchev–Trinajstić information content (AvgIpc) is 2.56. The molecule has 2 aromatic rings. The zero-order valence-corrected chi connectivity index (χ0v) is 7.46. The van der Waals surface area contributed by atoms with Crippen molar-refractivity contribution < 1.29 is 0 Å². The fraction of sp³-hybridized carbons (Fsp3) is 0.125. The number of hydrogen-bond donors (Lipinski definition) is 2. The molecule has 1 heterocycles. The van der Waals surface area contributed by atoms with E-state index in [4.69, 9.17) is 11.5 Å². The summed E-state index contributed by atoms with van der Waals surface area (Å²) >= 11 is 0. The lowest BCUT2D eigenvalue weighted by atomic mass is 10.2. The smallest absolute Gasteiger partial charge is 0.240 e. The van der Waals surface area contributed by atoms with Gasteiger partial charge < -0.3 is 11.5 Å². The van der Waals surface area contributed by atoms with Gasteiger partial charge >= 0.3 is 0 Å². The van der Waals surface area contributed by atoms with Gasteiger partial charge in [-0.15, -0.1) is 0 Å². The van der Waals surface area contributed by atoms with Gasteiger partial charge in [0, 0.05) is 5.69 Å². The van der Waals surface area contributed by atoms with Crippen LogP contribution in [0.4, 0.5) is 11.6 Å². The molecule has 4 N–H and O–H groups in total. The number of benzene rings is 1. The van der Waals surface area contributed by atoms with Crippen molar-refractivity contribution in [3.8, 4) is 0 Å². The van der Waals surface area contributed by atoms with Gasteiger partial charge in [0.1, 0.15) is 0 Å². The van der Waals surface area contributed by atoms with Crippen molar-refractivity contribution in [2.24, 2.45) is 0 Å². The van der Waals surface area contributed by atoms with Crippen LogP contribution in [0.3, 0.4) is 0 Å². The van der Waals surface area contributed by atoms with Crippen molar-refractivity contribution >= 4 is 11.6 Å². The zero-order valence-electron chi connectivity index (χ0n) is 7.46. The van der Waals surface area contributed by atoms with Crippen molar-refractivity contribution in [3.63, 3.8) is 0 Å². The highest BCUT2D eigenvalue weighted by molar-refractivity contribution is 5.39. The second kappa shape index (κ2) is 3.33. The monoisotopic (exact) mass is 190 g/mol. The Balaban J connectivity index is 2.19. The summed E-state index contributed by atoms with van der Waals surface area (Å²) in [5, 5.41) is 10.8. The van der Waals surface area contributed by atoms with Crippen molar-refractivity contribution in [1.82, 2.24) is 20.2 Å². The van der Waals surface area contributed by atoms with Gasteiger partial charge in [0.05, 0.1) is 6.54 Å². The SMILES string of the molecule is Nc1ccc(Cn2nnnc2N)cc1. The quantitative estimate of drug-likeness (QED) is 0.644. The highest BCUT2D eigenvalue weighted by Gasteiger charge is 2.01. The minimum Gasteiger partial charge on any atom is -0.399 e. The van der Waals surface area contributed by atoms with E-state index in [-0.39, 0.29) is 0 Å². The summed E-state index contributed by atoms with van der Waals surface area (Å²) in [6, 6.07) is 7.48. The van der Waals surface area contributed by atoms with E-state index in [0.29, 0.717) is 12.5 Å². The molecular weight excluding hydrogens is 180 g/mol. The minimum absolute atomic E-state index is 0.307. The lowest BCUT2D eigenvalue weighted by molar-refractivity contribution is 0.655. The number of aromatic nitrogens is 4. The third-order valence-corrected chi connectivity index (χ3v) is 1.87. The van der Waals surface area contributed by atoms with Crippen molar-refractivity contribution in [2.75, 3.05) is 11.5 Å². The van der Waals surface area contributed by atoms with E-state index in [1.807, 2.05) is 24.3 Å². The molecule has 0 saturated carbocycles. The van der Waals surface area contributed by atoms with Crippen LogP contribution in [-0.4, -0.2) is 20.2 Å². The number of tetrazole rings is 1. The van der Waals surface area contributed by atoms with Gasteiger partial charge in [-0.2, -0.15) is 0 Å². The van der Waals surface area contributed by atoms with E-state index in [2.05, 4.69) is 15.5 Å². The number of nitrogens with zero attached hydrogens (tertiary/aromatic N) is 4. The van der Waals surface area contributed by atoms with Gasteiger partial charge in [0.2, 0.25) is 5.95 Å². The van der Waals surface area contributed by atoms with Crippen LogP contribution < -0.4 is 11.5 Å². The normalized spacial score (nSPS) is 10.3. The van der Waals surface area contributed by atoms with Crippen molar-refractivity contribution in [3.05, 3.63) is 29.8 Å². The van der Waals surface area contributed by atoms with Gasteiger partial charge in [-0.05, 0) is 28.1 Å². The van der Waals surface area contributed by atoms with E-state index in [1.165, 1.54) is 4.68 Å². The topological polar surface area (TPSA) is 95.6 Å². The molecule has 0 atom stereocenters. The Bertz CT molecular complexity index is 418. The average molecular weight is 190 g/mol.